The van der Waals surface area contributed by atoms with E-state index in [0.717, 1.165) is 0 Å². The van der Waals surface area contributed by atoms with Crippen molar-refractivity contribution in [1.29, 1.82) is 0 Å². The Labute approximate surface area is 131 Å². The molecular weight excluding hydrogens is 308 g/mol. The summed E-state index contributed by atoms with van der Waals surface area (Å²) in [6, 6.07) is 12.1. The molecule has 0 unspecified atom stereocenters. The zero-order chi connectivity index (χ0) is 15.8. The van der Waals surface area contributed by atoms with E-state index in [2.05, 4.69) is 5.32 Å². The highest BCUT2D eigenvalue weighted by atomic mass is 32.2. The van der Waals surface area contributed by atoms with E-state index in [0.29, 0.717) is 12.4 Å². The standard InChI is InChI=1S/C16H15F2NO2S/c17-12-5-1-3-7-14(12)19-16(20)11-22-10-9-21-15-8-4-2-6-13(15)18/h1-8H,9-11H2,(H,19,20). The maximum absolute atomic E-state index is 13.3. The molecule has 0 heterocycles. The van der Waals surface area contributed by atoms with Crippen LogP contribution in [0.3, 0.4) is 0 Å². The number of carbonyl (C=O) groups excluding carboxylic acids is 1. The van der Waals surface area contributed by atoms with Gasteiger partial charge in [-0.1, -0.05) is 24.3 Å². The normalized spacial score (nSPS) is 10.3. The number of hydrogen-bond acceptors (Lipinski definition) is 3. The van der Waals surface area contributed by atoms with Gasteiger partial charge >= 0.3 is 0 Å². The predicted octanol–water partition coefficient (Wildman–Crippen LogP) is 3.72. The zero-order valence-electron chi connectivity index (χ0n) is 11.7. The molecule has 2 rings (SSSR count). The minimum atomic E-state index is -0.469. The first kappa shape index (κ1) is 16.3. The van der Waals surface area contributed by atoms with Crippen LogP contribution in [0, 0.1) is 11.6 Å². The van der Waals surface area contributed by atoms with Crippen molar-refractivity contribution >= 4 is 23.4 Å². The van der Waals surface area contributed by atoms with Crippen molar-refractivity contribution in [1.82, 2.24) is 0 Å². The van der Waals surface area contributed by atoms with E-state index in [1.165, 1.54) is 30.0 Å². The maximum Gasteiger partial charge on any atom is 0.234 e. The maximum atomic E-state index is 13.3. The summed E-state index contributed by atoms with van der Waals surface area (Å²) in [5.74, 6) is -0.276. The Morgan fingerprint density at radius 3 is 2.45 bits per heavy atom. The third-order valence-corrected chi connectivity index (χ3v) is 3.62. The van der Waals surface area contributed by atoms with Crippen molar-refractivity contribution < 1.29 is 18.3 Å². The Hall–Kier alpha value is -2.08. The van der Waals surface area contributed by atoms with Gasteiger partial charge in [0.2, 0.25) is 5.91 Å². The average Bonchev–Trinajstić information content (AvgIpc) is 2.51. The number of halogens is 2. The van der Waals surface area contributed by atoms with Gasteiger partial charge < -0.3 is 10.1 Å². The van der Waals surface area contributed by atoms with Gasteiger partial charge in [-0.15, -0.1) is 11.8 Å². The van der Waals surface area contributed by atoms with E-state index in [4.69, 9.17) is 4.74 Å². The number of benzene rings is 2. The van der Waals surface area contributed by atoms with Crippen LogP contribution >= 0.6 is 11.8 Å². The number of para-hydroxylation sites is 2. The summed E-state index contributed by atoms with van der Waals surface area (Å²) in [6.07, 6.45) is 0. The molecule has 0 aliphatic heterocycles. The number of rotatable bonds is 7. The molecule has 1 amide bonds. The molecule has 0 aliphatic rings. The molecule has 2 aromatic carbocycles. The van der Waals surface area contributed by atoms with Crippen molar-refractivity contribution in [3.05, 3.63) is 60.2 Å². The third kappa shape index (κ3) is 5.04. The molecule has 0 aliphatic carbocycles. The summed E-state index contributed by atoms with van der Waals surface area (Å²) < 4.78 is 31.9. The number of carbonyl (C=O) groups is 1. The molecule has 0 bridgehead atoms. The Kier molecular flexibility index (Phi) is 6.21. The molecule has 116 valence electrons. The molecule has 0 spiro atoms. The number of anilines is 1. The van der Waals surface area contributed by atoms with Crippen LogP contribution in [0.25, 0.3) is 0 Å². The summed E-state index contributed by atoms with van der Waals surface area (Å²) in [4.78, 5) is 11.7. The van der Waals surface area contributed by atoms with Gasteiger partial charge in [0.25, 0.3) is 0 Å². The Balaban J connectivity index is 1.65. The molecule has 0 saturated carbocycles. The number of ether oxygens (including phenoxy) is 1. The van der Waals surface area contributed by atoms with E-state index in [1.807, 2.05) is 0 Å². The first-order valence-corrected chi connectivity index (χ1v) is 7.82. The van der Waals surface area contributed by atoms with Crippen LogP contribution in [0.2, 0.25) is 0 Å². The molecule has 0 atom stereocenters. The summed E-state index contributed by atoms with van der Waals surface area (Å²) in [6.45, 7) is 0.290. The van der Waals surface area contributed by atoms with Crippen molar-refractivity contribution in [2.75, 3.05) is 23.4 Å². The highest BCUT2D eigenvalue weighted by Gasteiger charge is 2.06. The third-order valence-electron chi connectivity index (χ3n) is 2.70. The topological polar surface area (TPSA) is 38.3 Å². The van der Waals surface area contributed by atoms with Gasteiger partial charge in [-0.2, -0.15) is 0 Å². The van der Waals surface area contributed by atoms with Crippen molar-refractivity contribution in [3.63, 3.8) is 0 Å². The van der Waals surface area contributed by atoms with Crippen LogP contribution in [-0.2, 0) is 4.79 Å². The lowest BCUT2D eigenvalue weighted by Crippen LogP contribution is -2.16. The smallest absolute Gasteiger partial charge is 0.234 e. The molecule has 6 heteroatoms. The van der Waals surface area contributed by atoms with E-state index in [-0.39, 0.29) is 23.1 Å². The summed E-state index contributed by atoms with van der Waals surface area (Å²) in [5, 5.41) is 2.49. The van der Waals surface area contributed by atoms with Crippen LogP contribution < -0.4 is 10.1 Å². The largest absolute Gasteiger partial charge is 0.490 e. The summed E-state index contributed by atoms with van der Waals surface area (Å²) in [5.41, 5.74) is 0.163. The van der Waals surface area contributed by atoms with E-state index >= 15 is 0 Å². The van der Waals surface area contributed by atoms with Gasteiger partial charge in [0.05, 0.1) is 18.0 Å². The lowest BCUT2D eigenvalue weighted by molar-refractivity contribution is -0.113. The van der Waals surface area contributed by atoms with Gasteiger partial charge in [-0.05, 0) is 24.3 Å². The zero-order valence-corrected chi connectivity index (χ0v) is 12.5. The van der Waals surface area contributed by atoms with Crippen LogP contribution in [0.15, 0.2) is 48.5 Å². The predicted molar refractivity (Wildman–Crippen MR) is 84.2 cm³/mol. The van der Waals surface area contributed by atoms with Gasteiger partial charge in [-0.3, -0.25) is 4.79 Å². The fourth-order valence-electron chi connectivity index (χ4n) is 1.69. The lowest BCUT2D eigenvalue weighted by atomic mass is 10.3. The molecule has 22 heavy (non-hydrogen) atoms. The first-order valence-electron chi connectivity index (χ1n) is 6.66. The SMILES string of the molecule is O=C(CSCCOc1ccccc1F)Nc1ccccc1F. The van der Waals surface area contributed by atoms with Crippen LogP contribution in [0.4, 0.5) is 14.5 Å². The second kappa shape index (κ2) is 8.38. The van der Waals surface area contributed by atoms with Crippen molar-refractivity contribution in [3.8, 4) is 5.75 Å². The van der Waals surface area contributed by atoms with Crippen molar-refractivity contribution in [2.24, 2.45) is 0 Å². The van der Waals surface area contributed by atoms with Crippen LogP contribution in [-0.4, -0.2) is 24.0 Å². The first-order chi connectivity index (χ1) is 10.7. The number of thioether (sulfide) groups is 1. The van der Waals surface area contributed by atoms with E-state index < -0.39 is 11.6 Å². The van der Waals surface area contributed by atoms with E-state index in [1.54, 1.807) is 30.3 Å². The molecule has 2 aromatic rings. The highest BCUT2D eigenvalue weighted by Crippen LogP contribution is 2.16. The summed E-state index contributed by atoms with van der Waals surface area (Å²) >= 11 is 1.33. The molecule has 3 nitrogen and oxygen atoms in total. The Bertz CT molecular complexity index is 637. The molecule has 1 N–H and O–H groups in total. The minimum Gasteiger partial charge on any atom is -0.490 e. The Morgan fingerprint density at radius 2 is 1.73 bits per heavy atom. The molecule has 0 aromatic heterocycles. The second-order valence-electron chi connectivity index (χ2n) is 4.36. The molecule has 0 fully saturated rings. The molecule has 0 saturated heterocycles. The fraction of sp³-hybridized carbons (Fsp3) is 0.188. The molecule has 0 radical (unpaired) electrons. The van der Waals surface area contributed by atoms with Crippen molar-refractivity contribution in [2.45, 2.75) is 0 Å². The van der Waals surface area contributed by atoms with Crippen LogP contribution in [0.5, 0.6) is 5.75 Å². The second-order valence-corrected chi connectivity index (χ2v) is 5.46. The average molecular weight is 323 g/mol. The van der Waals surface area contributed by atoms with Crippen LogP contribution in [0.1, 0.15) is 0 Å². The minimum absolute atomic E-state index is 0.163. The monoisotopic (exact) mass is 323 g/mol. The van der Waals surface area contributed by atoms with Gasteiger partial charge in [0, 0.05) is 5.75 Å². The van der Waals surface area contributed by atoms with Gasteiger partial charge in [0.15, 0.2) is 11.6 Å². The number of nitrogens with one attached hydrogen (secondary N) is 1. The van der Waals surface area contributed by atoms with Gasteiger partial charge in [-0.25, -0.2) is 8.78 Å². The molecular formula is C16H15F2NO2S. The fourth-order valence-corrected chi connectivity index (χ4v) is 2.29. The number of amides is 1. The Morgan fingerprint density at radius 1 is 1.05 bits per heavy atom. The number of hydrogen-bond donors (Lipinski definition) is 1. The highest BCUT2D eigenvalue weighted by molar-refractivity contribution is 7.99. The quantitative estimate of drug-likeness (QED) is 0.789. The van der Waals surface area contributed by atoms with E-state index in [9.17, 15) is 13.6 Å². The van der Waals surface area contributed by atoms with Gasteiger partial charge in [0.1, 0.15) is 5.82 Å². The lowest BCUT2D eigenvalue weighted by Gasteiger charge is -2.07. The summed E-state index contributed by atoms with van der Waals surface area (Å²) in [7, 11) is 0.